The minimum absolute atomic E-state index is 0.0100. The van der Waals surface area contributed by atoms with Crippen LogP contribution in [0, 0.1) is 5.92 Å². The zero-order valence-electron chi connectivity index (χ0n) is 20.7. The van der Waals surface area contributed by atoms with Gasteiger partial charge in [0, 0.05) is 12.1 Å². The van der Waals surface area contributed by atoms with Gasteiger partial charge >= 0.3 is 6.03 Å². The molecule has 182 valence electrons. The standard InChI is InChI=1S/C27H37N5O2/c1-30(2)27(22-10-5-4-6-11-22)16-14-26(15-17-27)20-32(25(33)31(26)19-21-8-7-9-21)29-24-13-12-23(34-3)18-28-24/h4-6,10-13,18,21H,7-9,14-17,19-20H2,1-3H3,(H,28,29)/t26-,27+. The topological polar surface area (TPSA) is 60.9 Å². The van der Waals surface area contributed by atoms with Gasteiger partial charge in [-0.1, -0.05) is 36.8 Å². The first-order valence-corrected chi connectivity index (χ1v) is 12.5. The molecule has 2 heterocycles. The number of hydrogen-bond donors (Lipinski definition) is 1. The van der Waals surface area contributed by atoms with Crippen molar-refractivity contribution in [3.05, 3.63) is 54.2 Å². The molecule has 2 amide bonds. The Hall–Kier alpha value is -2.80. The zero-order valence-corrected chi connectivity index (χ0v) is 20.7. The number of hydrazine groups is 1. The van der Waals surface area contributed by atoms with E-state index >= 15 is 0 Å². The van der Waals surface area contributed by atoms with E-state index in [1.165, 1.54) is 24.8 Å². The lowest BCUT2D eigenvalue weighted by atomic mass is 9.68. The molecule has 1 aromatic carbocycles. The number of methoxy groups -OCH3 is 1. The minimum atomic E-state index is -0.138. The fourth-order valence-electron chi connectivity index (χ4n) is 6.09. The van der Waals surface area contributed by atoms with E-state index in [0.717, 1.165) is 32.2 Å². The Kier molecular flexibility index (Phi) is 6.15. The summed E-state index contributed by atoms with van der Waals surface area (Å²) < 4.78 is 5.22. The average molecular weight is 464 g/mol. The number of pyridine rings is 1. The number of urea groups is 1. The predicted molar refractivity (Wildman–Crippen MR) is 134 cm³/mol. The van der Waals surface area contributed by atoms with Crippen molar-refractivity contribution in [2.75, 3.05) is 39.7 Å². The van der Waals surface area contributed by atoms with Crippen LogP contribution in [0.2, 0.25) is 0 Å². The fourth-order valence-corrected chi connectivity index (χ4v) is 6.09. The molecule has 7 nitrogen and oxygen atoms in total. The van der Waals surface area contributed by atoms with Gasteiger partial charge in [-0.15, -0.1) is 0 Å². The summed E-state index contributed by atoms with van der Waals surface area (Å²) in [5, 5.41) is 1.79. The molecule has 7 heteroatoms. The van der Waals surface area contributed by atoms with Crippen molar-refractivity contribution in [2.45, 2.75) is 56.0 Å². The molecular formula is C27H37N5O2. The summed E-state index contributed by atoms with van der Waals surface area (Å²) in [6, 6.07) is 14.7. The highest BCUT2D eigenvalue weighted by Crippen LogP contribution is 2.49. The van der Waals surface area contributed by atoms with Gasteiger partial charge in [0.15, 0.2) is 0 Å². The van der Waals surface area contributed by atoms with Crippen LogP contribution in [0.15, 0.2) is 48.7 Å². The fraction of sp³-hybridized carbons (Fsp3) is 0.556. The molecule has 0 bridgehead atoms. The number of carbonyl (C=O) groups excluding carboxylic acids is 1. The highest BCUT2D eigenvalue weighted by Gasteiger charge is 2.55. The molecule has 0 radical (unpaired) electrons. The quantitative estimate of drug-likeness (QED) is 0.644. The maximum atomic E-state index is 13.7. The van der Waals surface area contributed by atoms with Gasteiger partial charge < -0.3 is 9.64 Å². The average Bonchev–Trinajstić information content (AvgIpc) is 3.08. The molecule has 2 aromatic rings. The molecule has 2 aliphatic carbocycles. The van der Waals surface area contributed by atoms with Crippen molar-refractivity contribution in [3.63, 3.8) is 0 Å². The third-order valence-corrected chi connectivity index (χ3v) is 8.55. The van der Waals surface area contributed by atoms with Gasteiger partial charge in [0.25, 0.3) is 0 Å². The van der Waals surface area contributed by atoms with E-state index in [1.54, 1.807) is 18.3 Å². The number of nitrogens with one attached hydrogen (secondary N) is 1. The number of benzene rings is 1. The number of aromatic nitrogens is 1. The maximum absolute atomic E-state index is 13.7. The van der Waals surface area contributed by atoms with Crippen LogP contribution in [0.1, 0.15) is 50.5 Å². The van der Waals surface area contributed by atoms with Gasteiger partial charge in [0.2, 0.25) is 0 Å². The van der Waals surface area contributed by atoms with E-state index in [2.05, 4.69) is 64.6 Å². The Morgan fingerprint density at radius 1 is 1.09 bits per heavy atom. The normalized spacial score (nSPS) is 27.4. The predicted octanol–water partition coefficient (Wildman–Crippen LogP) is 4.72. The van der Waals surface area contributed by atoms with Crippen molar-refractivity contribution in [1.82, 2.24) is 19.8 Å². The highest BCUT2D eigenvalue weighted by molar-refractivity contribution is 5.79. The lowest BCUT2D eigenvalue weighted by Gasteiger charge is -2.51. The lowest BCUT2D eigenvalue weighted by molar-refractivity contribution is 0.0162. The number of rotatable bonds is 7. The first-order valence-electron chi connectivity index (χ1n) is 12.5. The van der Waals surface area contributed by atoms with Crippen LogP contribution in [-0.4, -0.2) is 65.7 Å². The van der Waals surface area contributed by atoms with E-state index in [0.29, 0.717) is 24.0 Å². The van der Waals surface area contributed by atoms with Crippen LogP contribution in [0.25, 0.3) is 0 Å². The molecule has 1 spiro atoms. The molecule has 1 aromatic heterocycles. The summed E-state index contributed by atoms with van der Waals surface area (Å²) in [6.07, 6.45) is 9.49. The van der Waals surface area contributed by atoms with Gasteiger partial charge in [-0.05, 0) is 76.2 Å². The van der Waals surface area contributed by atoms with Crippen molar-refractivity contribution in [3.8, 4) is 5.75 Å². The van der Waals surface area contributed by atoms with Crippen LogP contribution in [0.3, 0.4) is 0 Å². The van der Waals surface area contributed by atoms with Crippen LogP contribution in [0.4, 0.5) is 10.6 Å². The van der Waals surface area contributed by atoms with E-state index in [-0.39, 0.29) is 17.1 Å². The van der Waals surface area contributed by atoms with E-state index in [9.17, 15) is 4.79 Å². The van der Waals surface area contributed by atoms with E-state index in [4.69, 9.17) is 4.74 Å². The molecule has 1 N–H and O–H groups in total. The minimum Gasteiger partial charge on any atom is -0.495 e. The lowest BCUT2D eigenvalue weighted by Crippen LogP contribution is -2.56. The SMILES string of the molecule is COc1ccc(NN2C[C@]3(CC[C@](c4ccccc4)(N(C)C)CC3)N(CC3CCC3)C2=O)nc1. The molecule has 3 aliphatic rings. The largest absolute Gasteiger partial charge is 0.495 e. The van der Waals surface area contributed by atoms with Crippen LogP contribution >= 0.6 is 0 Å². The number of carbonyl (C=O) groups is 1. The van der Waals surface area contributed by atoms with Crippen LogP contribution < -0.4 is 10.2 Å². The summed E-state index contributed by atoms with van der Waals surface area (Å²) >= 11 is 0. The summed E-state index contributed by atoms with van der Waals surface area (Å²) in [5.74, 6) is 2.00. The second-order valence-electron chi connectivity index (χ2n) is 10.5. The first kappa shape index (κ1) is 23.0. The third kappa shape index (κ3) is 4.00. The van der Waals surface area contributed by atoms with Gasteiger partial charge in [-0.2, -0.15) is 0 Å². The first-order chi connectivity index (χ1) is 16.5. The Morgan fingerprint density at radius 2 is 1.82 bits per heavy atom. The van der Waals surface area contributed by atoms with Gasteiger partial charge in [-0.3, -0.25) is 10.3 Å². The summed E-state index contributed by atoms with van der Waals surface area (Å²) in [6.45, 7) is 1.55. The third-order valence-electron chi connectivity index (χ3n) is 8.55. The van der Waals surface area contributed by atoms with Crippen molar-refractivity contribution in [2.24, 2.45) is 5.92 Å². The van der Waals surface area contributed by atoms with Gasteiger partial charge in [-0.25, -0.2) is 14.8 Å². The molecule has 2 saturated carbocycles. The van der Waals surface area contributed by atoms with Crippen molar-refractivity contribution in [1.29, 1.82) is 0 Å². The van der Waals surface area contributed by atoms with Crippen molar-refractivity contribution >= 4 is 11.8 Å². The molecule has 1 aliphatic heterocycles. The maximum Gasteiger partial charge on any atom is 0.339 e. The second kappa shape index (κ2) is 9.10. The Morgan fingerprint density at radius 3 is 2.38 bits per heavy atom. The van der Waals surface area contributed by atoms with Gasteiger partial charge in [0.05, 0.1) is 25.4 Å². The number of hydrogen-bond acceptors (Lipinski definition) is 5. The number of nitrogens with zero attached hydrogens (tertiary/aromatic N) is 4. The number of amides is 2. The molecule has 1 saturated heterocycles. The van der Waals surface area contributed by atoms with Crippen LogP contribution in [-0.2, 0) is 5.54 Å². The Balaban J connectivity index is 1.38. The summed E-state index contributed by atoms with van der Waals surface area (Å²) in [7, 11) is 6.02. The molecule has 5 rings (SSSR count). The van der Waals surface area contributed by atoms with E-state index in [1.807, 2.05) is 12.1 Å². The Labute approximate surface area is 203 Å². The van der Waals surface area contributed by atoms with E-state index < -0.39 is 0 Å². The highest BCUT2D eigenvalue weighted by atomic mass is 16.5. The number of anilines is 1. The number of ether oxygens (including phenoxy) is 1. The molecule has 0 atom stereocenters. The second-order valence-corrected chi connectivity index (χ2v) is 10.5. The Bertz CT molecular complexity index is 982. The zero-order chi connectivity index (χ0) is 23.8. The smallest absolute Gasteiger partial charge is 0.339 e. The monoisotopic (exact) mass is 463 g/mol. The molecule has 3 fully saturated rings. The molecule has 0 unspecified atom stereocenters. The van der Waals surface area contributed by atoms with Gasteiger partial charge in [0.1, 0.15) is 11.6 Å². The van der Waals surface area contributed by atoms with Crippen molar-refractivity contribution < 1.29 is 9.53 Å². The van der Waals surface area contributed by atoms with Crippen LogP contribution in [0.5, 0.6) is 5.75 Å². The molecular weight excluding hydrogens is 426 g/mol. The summed E-state index contributed by atoms with van der Waals surface area (Å²) in [4.78, 5) is 22.7. The molecule has 34 heavy (non-hydrogen) atoms. The summed E-state index contributed by atoms with van der Waals surface area (Å²) in [5.41, 5.74) is 4.54.